The highest BCUT2D eigenvalue weighted by molar-refractivity contribution is 6.42. The number of nitrogens with one attached hydrogen (secondary N) is 1. The number of hydrogen-bond acceptors (Lipinski definition) is 3. The van der Waals surface area contributed by atoms with Crippen molar-refractivity contribution in [2.75, 3.05) is 0 Å². The molecule has 1 aromatic carbocycles. The molecule has 0 aliphatic rings. The normalized spacial score (nSPS) is 11.5. The van der Waals surface area contributed by atoms with Gasteiger partial charge in [-0.15, -0.1) is 0 Å². The highest BCUT2D eigenvalue weighted by Crippen LogP contribution is 2.29. The summed E-state index contributed by atoms with van der Waals surface area (Å²) in [6.45, 7) is 7.02. The quantitative estimate of drug-likeness (QED) is 0.852. The van der Waals surface area contributed by atoms with Crippen molar-refractivity contribution in [2.24, 2.45) is 0 Å². The molecule has 0 fully saturated rings. The van der Waals surface area contributed by atoms with Gasteiger partial charge in [0.1, 0.15) is 5.75 Å². The second kappa shape index (κ2) is 6.65. The Bertz CT molecular complexity index is 624. The van der Waals surface area contributed by atoms with E-state index in [1.807, 2.05) is 12.1 Å². The van der Waals surface area contributed by atoms with Crippen molar-refractivity contribution in [1.82, 2.24) is 10.3 Å². The fraction of sp³-hybridized carbons (Fsp3) is 0.312. The standard InChI is InChI=1S/C16H18Cl2N2O/c1-16(2,3)20-10-11-5-4-8-19-15(11)21-12-6-7-13(17)14(18)9-12/h4-9,20H,10H2,1-3H3. The summed E-state index contributed by atoms with van der Waals surface area (Å²) in [6, 6.07) is 9.03. The lowest BCUT2D eigenvalue weighted by Crippen LogP contribution is -2.35. The van der Waals surface area contributed by atoms with Crippen LogP contribution < -0.4 is 10.1 Å². The molecular weight excluding hydrogens is 307 g/mol. The van der Waals surface area contributed by atoms with E-state index in [0.29, 0.717) is 28.2 Å². The highest BCUT2D eigenvalue weighted by Gasteiger charge is 2.12. The molecular formula is C16H18Cl2N2O. The number of halogens is 2. The van der Waals surface area contributed by atoms with Crippen LogP contribution in [0.15, 0.2) is 36.5 Å². The van der Waals surface area contributed by atoms with Gasteiger partial charge in [-0.05, 0) is 39.0 Å². The number of ether oxygens (including phenoxy) is 1. The third-order valence-corrected chi connectivity index (χ3v) is 3.50. The smallest absolute Gasteiger partial charge is 0.223 e. The Morgan fingerprint density at radius 2 is 1.90 bits per heavy atom. The van der Waals surface area contributed by atoms with Crippen molar-refractivity contribution in [1.29, 1.82) is 0 Å². The summed E-state index contributed by atoms with van der Waals surface area (Å²) in [5, 5.41) is 4.38. The average Bonchev–Trinajstić information content (AvgIpc) is 2.41. The first-order valence-electron chi connectivity index (χ1n) is 6.67. The molecule has 0 aliphatic carbocycles. The molecule has 112 valence electrons. The van der Waals surface area contributed by atoms with Crippen LogP contribution in [-0.4, -0.2) is 10.5 Å². The minimum Gasteiger partial charge on any atom is -0.439 e. The van der Waals surface area contributed by atoms with Crippen molar-refractivity contribution in [3.05, 3.63) is 52.1 Å². The summed E-state index contributed by atoms with van der Waals surface area (Å²) in [6.07, 6.45) is 1.70. The summed E-state index contributed by atoms with van der Waals surface area (Å²) in [5.74, 6) is 1.17. The second-order valence-corrected chi connectivity index (χ2v) is 6.56. The zero-order valence-electron chi connectivity index (χ0n) is 12.3. The summed E-state index contributed by atoms with van der Waals surface area (Å²) in [5.41, 5.74) is 1.01. The minimum atomic E-state index is 0.0245. The maximum Gasteiger partial charge on any atom is 0.223 e. The van der Waals surface area contributed by atoms with Crippen molar-refractivity contribution in [2.45, 2.75) is 32.9 Å². The maximum atomic E-state index is 6.00. The first-order valence-corrected chi connectivity index (χ1v) is 7.42. The van der Waals surface area contributed by atoms with Gasteiger partial charge in [0.2, 0.25) is 5.88 Å². The largest absolute Gasteiger partial charge is 0.439 e. The lowest BCUT2D eigenvalue weighted by molar-refractivity contribution is 0.409. The van der Waals surface area contributed by atoms with Crippen LogP contribution in [0.4, 0.5) is 0 Å². The van der Waals surface area contributed by atoms with E-state index in [4.69, 9.17) is 27.9 Å². The Kier molecular flexibility index (Phi) is 5.09. The van der Waals surface area contributed by atoms with Gasteiger partial charge in [0.25, 0.3) is 0 Å². The zero-order chi connectivity index (χ0) is 15.5. The predicted octanol–water partition coefficient (Wildman–Crippen LogP) is 5.07. The topological polar surface area (TPSA) is 34.2 Å². The van der Waals surface area contributed by atoms with E-state index in [2.05, 4.69) is 31.1 Å². The van der Waals surface area contributed by atoms with E-state index >= 15 is 0 Å². The SMILES string of the molecule is CC(C)(C)NCc1cccnc1Oc1ccc(Cl)c(Cl)c1. The molecule has 0 saturated heterocycles. The molecule has 3 nitrogen and oxygen atoms in total. The van der Waals surface area contributed by atoms with Gasteiger partial charge >= 0.3 is 0 Å². The van der Waals surface area contributed by atoms with Crippen molar-refractivity contribution < 1.29 is 4.74 Å². The molecule has 1 N–H and O–H groups in total. The molecule has 0 atom stereocenters. The van der Waals surface area contributed by atoms with E-state index in [1.54, 1.807) is 24.4 Å². The van der Waals surface area contributed by atoms with Crippen molar-refractivity contribution in [3.8, 4) is 11.6 Å². The van der Waals surface area contributed by atoms with Crippen LogP contribution in [-0.2, 0) is 6.54 Å². The van der Waals surface area contributed by atoms with Crippen LogP contribution in [0.25, 0.3) is 0 Å². The molecule has 0 spiro atoms. The van der Waals surface area contributed by atoms with Crippen LogP contribution in [0.3, 0.4) is 0 Å². The van der Waals surface area contributed by atoms with Gasteiger partial charge in [-0.1, -0.05) is 29.3 Å². The highest BCUT2D eigenvalue weighted by atomic mass is 35.5. The monoisotopic (exact) mass is 324 g/mol. The van der Waals surface area contributed by atoms with E-state index in [0.717, 1.165) is 5.56 Å². The van der Waals surface area contributed by atoms with Crippen LogP contribution in [0.1, 0.15) is 26.3 Å². The summed E-state index contributed by atoms with van der Waals surface area (Å²) < 4.78 is 5.82. The van der Waals surface area contributed by atoms with Crippen LogP contribution in [0.2, 0.25) is 10.0 Å². The van der Waals surface area contributed by atoms with Gasteiger partial charge in [-0.25, -0.2) is 4.98 Å². The molecule has 2 aromatic rings. The molecule has 0 radical (unpaired) electrons. The van der Waals surface area contributed by atoms with E-state index in [9.17, 15) is 0 Å². The van der Waals surface area contributed by atoms with E-state index < -0.39 is 0 Å². The lowest BCUT2D eigenvalue weighted by Gasteiger charge is -2.21. The van der Waals surface area contributed by atoms with Crippen molar-refractivity contribution in [3.63, 3.8) is 0 Å². The molecule has 0 amide bonds. The number of rotatable bonds is 4. The molecule has 1 aromatic heterocycles. The number of aromatic nitrogens is 1. The van der Waals surface area contributed by atoms with E-state index in [1.165, 1.54) is 0 Å². The Hall–Kier alpha value is -1.29. The summed E-state index contributed by atoms with van der Waals surface area (Å²) in [4.78, 5) is 4.29. The van der Waals surface area contributed by atoms with Crippen LogP contribution >= 0.6 is 23.2 Å². The first kappa shape index (κ1) is 16.1. The second-order valence-electron chi connectivity index (χ2n) is 5.75. The lowest BCUT2D eigenvalue weighted by atomic mass is 10.1. The fourth-order valence-electron chi connectivity index (χ4n) is 1.66. The molecule has 2 rings (SSSR count). The molecule has 0 aliphatic heterocycles. The third kappa shape index (κ3) is 4.88. The van der Waals surface area contributed by atoms with E-state index in [-0.39, 0.29) is 5.54 Å². The van der Waals surface area contributed by atoms with Gasteiger partial charge in [-0.3, -0.25) is 0 Å². The van der Waals surface area contributed by atoms with Crippen molar-refractivity contribution >= 4 is 23.2 Å². The first-order chi connectivity index (χ1) is 9.85. The maximum absolute atomic E-state index is 6.00. The number of hydrogen-bond donors (Lipinski definition) is 1. The number of benzene rings is 1. The van der Waals surface area contributed by atoms with Gasteiger partial charge in [0, 0.05) is 29.9 Å². The van der Waals surface area contributed by atoms with Crippen LogP contribution in [0.5, 0.6) is 11.6 Å². The summed E-state index contributed by atoms with van der Waals surface area (Å²) in [7, 11) is 0. The molecule has 1 heterocycles. The van der Waals surface area contributed by atoms with Crippen LogP contribution in [0, 0.1) is 0 Å². The number of nitrogens with zero attached hydrogens (tertiary/aromatic N) is 1. The molecule has 21 heavy (non-hydrogen) atoms. The Labute approximate surface area is 135 Å². The number of pyridine rings is 1. The van der Waals surface area contributed by atoms with Gasteiger partial charge < -0.3 is 10.1 Å². The Morgan fingerprint density at radius 1 is 1.14 bits per heavy atom. The molecule has 5 heteroatoms. The predicted molar refractivity (Wildman–Crippen MR) is 87.4 cm³/mol. The zero-order valence-corrected chi connectivity index (χ0v) is 13.8. The molecule has 0 saturated carbocycles. The Morgan fingerprint density at radius 3 is 2.57 bits per heavy atom. The Balaban J connectivity index is 2.17. The van der Waals surface area contributed by atoms with Gasteiger partial charge in [0.15, 0.2) is 0 Å². The summed E-state index contributed by atoms with van der Waals surface area (Å²) >= 11 is 11.9. The third-order valence-electron chi connectivity index (χ3n) is 2.76. The molecule has 0 unspecified atom stereocenters. The minimum absolute atomic E-state index is 0.0245. The average molecular weight is 325 g/mol. The fourth-order valence-corrected chi connectivity index (χ4v) is 1.95. The van der Waals surface area contributed by atoms with Gasteiger partial charge in [0.05, 0.1) is 10.0 Å². The van der Waals surface area contributed by atoms with Gasteiger partial charge in [-0.2, -0.15) is 0 Å². The molecule has 0 bridgehead atoms.